The number of carbonyl (C=O) groups excluding carboxylic acids is 1. The van der Waals surface area contributed by atoms with Crippen LogP contribution in [-0.4, -0.2) is 27.0 Å². The summed E-state index contributed by atoms with van der Waals surface area (Å²) < 4.78 is 6.59. The van der Waals surface area contributed by atoms with Crippen LogP contribution in [0.15, 0.2) is 52.1 Å². The van der Waals surface area contributed by atoms with Gasteiger partial charge in [-0.05, 0) is 12.1 Å². The smallest absolute Gasteiger partial charge is 0.408 e. The molecule has 0 unspecified atom stereocenters. The van der Waals surface area contributed by atoms with Gasteiger partial charge in [-0.25, -0.2) is 9.78 Å². The van der Waals surface area contributed by atoms with Crippen molar-refractivity contribution < 1.29 is 9.21 Å². The SMILES string of the molecule is O=C(NCCn1c(=O)oc2ccccc21)c1cnccn1. The van der Waals surface area contributed by atoms with Gasteiger partial charge >= 0.3 is 5.76 Å². The molecule has 0 bridgehead atoms. The molecule has 0 atom stereocenters. The number of benzene rings is 1. The van der Waals surface area contributed by atoms with Crippen LogP contribution in [0.4, 0.5) is 0 Å². The topological polar surface area (TPSA) is 90.0 Å². The average molecular weight is 284 g/mol. The molecule has 2 aromatic heterocycles. The van der Waals surface area contributed by atoms with Gasteiger partial charge in [0, 0.05) is 25.5 Å². The third kappa shape index (κ3) is 2.66. The summed E-state index contributed by atoms with van der Waals surface area (Å²) in [5, 5.41) is 2.69. The number of aromatic nitrogens is 3. The Hall–Kier alpha value is -2.96. The number of nitrogens with zero attached hydrogens (tertiary/aromatic N) is 3. The van der Waals surface area contributed by atoms with Crippen LogP contribution in [0.5, 0.6) is 0 Å². The van der Waals surface area contributed by atoms with E-state index in [0.29, 0.717) is 24.2 Å². The summed E-state index contributed by atoms with van der Waals surface area (Å²) in [5.74, 6) is -0.770. The summed E-state index contributed by atoms with van der Waals surface area (Å²) in [5.41, 5.74) is 1.47. The monoisotopic (exact) mass is 284 g/mol. The van der Waals surface area contributed by atoms with Gasteiger partial charge in [-0.1, -0.05) is 12.1 Å². The molecular formula is C14H12N4O3. The first-order valence-electron chi connectivity index (χ1n) is 6.38. The second-order valence-electron chi connectivity index (χ2n) is 4.33. The summed E-state index contributed by atoms with van der Waals surface area (Å²) in [6.07, 6.45) is 4.33. The molecule has 3 aromatic rings. The van der Waals surface area contributed by atoms with Crippen LogP contribution in [0.3, 0.4) is 0 Å². The number of fused-ring (bicyclic) bond motifs is 1. The Morgan fingerprint density at radius 2 is 2.14 bits per heavy atom. The number of hydrogen-bond acceptors (Lipinski definition) is 5. The van der Waals surface area contributed by atoms with Crippen molar-refractivity contribution in [2.75, 3.05) is 6.54 Å². The van der Waals surface area contributed by atoms with Crippen LogP contribution < -0.4 is 11.1 Å². The molecule has 106 valence electrons. The molecule has 0 saturated heterocycles. The lowest BCUT2D eigenvalue weighted by Crippen LogP contribution is -2.30. The minimum Gasteiger partial charge on any atom is -0.408 e. The lowest BCUT2D eigenvalue weighted by atomic mass is 10.3. The molecule has 0 spiro atoms. The molecule has 0 aliphatic rings. The molecular weight excluding hydrogens is 272 g/mol. The first-order valence-corrected chi connectivity index (χ1v) is 6.38. The van der Waals surface area contributed by atoms with E-state index in [9.17, 15) is 9.59 Å². The Labute approximate surface area is 119 Å². The summed E-state index contributed by atoms with van der Waals surface area (Å²) in [4.78, 5) is 31.3. The van der Waals surface area contributed by atoms with Crippen LogP contribution in [0, 0.1) is 0 Å². The van der Waals surface area contributed by atoms with Crippen molar-refractivity contribution >= 4 is 17.0 Å². The van der Waals surface area contributed by atoms with E-state index in [-0.39, 0.29) is 11.6 Å². The van der Waals surface area contributed by atoms with Gasteiger partial charge < -0.3 is 9.73 Å². The zero-order chi connectivity index (χ0) is 14.7. The maximum absolute atomic E-state index is 11.8. The second kappa shape index (κ2) is 5.58. The largest absolute Gasteiger partial charge is 0.420 e. The molecule has 0 saturated carbocycles. The lowest BCUT2D eigenvalue weighted by Gasteiger charge is -2.04. The highest BCUT2D eigenvalue weighted by Crippen LogP contribution is 2.11. The zero-order valence-electron chi connectivity index (χ0n) is 11.0. The first-order chi connectivity index (χ1) is 10.3. The third-order valence-electron chi connectivity index (χ3n) is 2.99. The highest BCUT2D eigenvalue weighted by atomic mass is 16.4. The van der Waals surface area contributed by atoms with Crippen molar-refractivity contribution in [3.63, 3.8) is 0 Å². The Balaban J connectivity index is 1.69. The van der Waals surface area contributed by atoms with E-state index in [1.54, 1.807) is 18.2 Å². The number of rotatable bonds is 4. The third-order valence-corrected chi connectivity index (χ3v) is 2.99. The Kier molecular flexibility index (Phi) is 3.46. The molecule has 0 radical (unpaired) electrons. The fraction of sp³-hybridized carbons (Fsp3) is 0.143. The molecule has 2 heterocycles. The summed E-state index contributed by atoms with van der Waals surface area (Å²) in [6, 6.07) is 7.15. The van der Waals surface area contributed by atoms with Crippen LogP contribution in [0.25, 0.3) is 11.1 Å². The molecule has 7 nitrogen and oxygen atoms in total. The van der Waals surface area contributed by atoms with Gasteiger partial charge in [-0.15, -0.1) is 0 Å². The van der Waals surface area contributed by atoms with Gasteiger partial charge in [0.1, 0.15) is 5.69 Å². The van der Waals surface area contributed by atoms with E-state index in [4.69, 9.17) is 4.42 Å². The first kappa shape index (κ1) is 13.0. The number of nitrogens with one attached hydrogen (secondary N) is 1. The fourth-order valence-electron chi connectivity index (χ4n) is 2.01. The molecule has 0 aliphatic heterocycles. The summed E-state index contributed by atoms with van der Waals surface area (Å²) in [6.45, 7) is 0.612. The van der Waals surface area contributed by atoms with Gasteiger partial charge in [0.2, 0.25) is 0 Å². The highest BCUT2D eigenvalue weighted by Gasteiger charge is 2.10. The molecule has 1 amide bonds. The highest BCUT2D eigenvalue weighted by molar-refractivity contribution is 5.91. The second-order valence-corrected chi connectivity index (χ2v) is 4.33. The quantitative estimate of drug-likeness (QED) is 0.765. The molecule has 7 heteroatoms. The number of hydrogen-bond donors (Lipinski definition) is 1. The minimum absolute atomic E-state index is 0.238. The summed E-state index contributed by atoms with van der Waals surface area (Å²) >= 11 is 0. The van der Waals surface area contributed by atoms with Crippen molar-refractivity contribution in [2.24, 2.45) is 0 Å². The van der Waals surface area contributed by atoms with Crippen molar-refractivity contribution in [1.82, 2.24) is 19.9 Å². The maximum atomic E-state index is 11.8. The maximum Gasteiger partial charge on any atom is 0.420 e. The number of carbonyl (C=O) groups is 1. The van der Waals surface area contributed by atoms with Gasteiger partial charge in [0.25, 0.3) is 5.91 Å². The molecule has 3 rings (SSSR count). The van der Waals surface area contributed by atoms with E-state index in [0.717, 1.165) is 0 Å². The molecule has 0 aliphatic carbocycles. The van der Waals surface area contributed by atoms with Crippen LogP contribution in [0.2, 0.25) is 0 Å². The average Bonchev–Trinajstić information content (AvgIpc) is 2.84. The van der Waals surface area contributed by atoms with Gasteiger partial charge in [-0.2, -0.15) is 0 Å². The van der Waals surface area contributed by atoms with E-state index in [1.807, 2.05) is 6.07 Å². The summed E-state index contributed by atoms with van der Waals surface area (Å²) in [7, 11) is 0. The Morgan fingerprint density at radius 3 is 2.95 bits per heavy atom. The van der Waals surface area contributed by atoms with Crippen LogP contribution >= 0.6 is 0 Å². The van der Waals surface area contributed by atoms with Gasteiger partial charge in [0.15, 0.2) is 5.58 Å². The predicted molar refractivity (Wildman–Crippen MR) is 74.8 cm³/mol. The van der Waals surface area contributed by atoms with E-state index in [2.05, 4.69) is 15.3 Å². The van der Waals surface area contributed by atoms with Crippen LogP contribution in [0.1, 0.15) is 10.5 Å². The number of oxazole rings is 1. The molecule has 1 N–H and O–H groups in total. The van der Waals surface area contributed by atoms with Crippen molar-refractivity contribution in [3.05, 3.63) is 59.1 Å². The van der Waals surface area contributed by atoms with Gasteiger partial charge in [0.05, 0.1) is 11.7 Å². The van der Waals surface area contributed by atoms with Gasteiger partial charge in [-0.3, -0.25) is 14.3 Å². The van der Waals surface area contributed by atoms with Crippen LogP contribution in [-0.2, 0) is 6.54 Å². The number of para-hydroxylation sites is 2. The van der Waals surface area contributed by atoms with E-state index < -0.39 is 5.76 Å². The fourth-order valence-corrected chi connectivity index (χ4v) is 2.01. The van der Waals surface area contributed by atoms with Crippen molar-refractivity contribution in [2.45, 2.75) is 6.54 Å². The van der Waals surface area contributed by atoms with E-state index in [1.165, 1.54) is 23.2 Å². The number of amides is 1. The minimum atomic E-state index is -0.440. The molecule has 1 aromatic carbocycles. The zero-order valence-corrected chi connectivity index (χ0v) is 11.0. The molecule has 0 fully saturated rings. The van der Waals surface area contributed by atoms with Crippen molar-refractivity contribution in [1.29, 1.82) is 0 Å². The van der Waals surface area contributed by atoms with Crippen molar-refractivity contribution in [3.8, 4) is 0 Å². The molecule has 21 heavy (non-hydrogen) atoms. The normalized spacial score (nSPS) is 10.7. The standard InChI is InChI=1S/C14H12N4O3/c19-13(10-9-15-5-6-16-10)17-7-8-18-11-3-1-2-4-12(11)21-14(18)20/h1-6,9H,7-8H2,(H,17,19). The Morgan fingerprint density at radius 1 is 1.29 bits per heavy atom. The van der Waals surface area contributed by atoms with E-state index >= 15 is 0 Å². The predicted octanol–water partition coefficient (Wildman–Crippen LogP) is 0.814. The lowest BCUT2D eigenvalue weighted by molar-refractivity contribution is 0.0946. The Bertz CT molecular complexity index is 823.